The molecule has 0 bridgehead atoms. The van der Waals surface area contributed by atoms with Crippen LogP contribution in [0, 0.1) is 0 Å². The quantitative estimate of drug-likeness (QED) is 0.453. The molecule has 0 aromatic heterocycles. The van der Waals surface area contributed by atoms with Crippen LogP contribution in [-0.4, -0.2) is 28.6 Å². The highest BCUT2D eigenvalue weighted by Crippen LogP contribution is 2.37. The molecule has 1 heterocycles. The SMILES string of the molecule is CC1OC1COP(=O)(O)O. The second-order valence-corrected chi connectivity index (χ2v) is 3.41. The summed E-state index contributed by atoms with van der Waals surface area (Å²) in [6.07, 6.45) is -0.0563. The third kappa shape index (κ3) is 2.77. The number of phosphoric ester groups is 1. The fraction of sp³-hybridized carbons (Fsp3) is 1.00. The third-order valence-corrected chi connectivity index (χ3v) is 1.73. The Labute approximate surface area is 58.2 Å². The smallest absolute Gasteiger partial charge is 0.367 e. The van der Waals surface area contributed by atoms with E-state index in [4.69, 9.17) is 14.5 Å². The Bertz CT molecular complexity index is 163. The van der Waals surface area contributed by atoms with Crippen LogP contribution in [0.3, 0.4) is 0 Å². The van der Waals surface area contributed by atoms with Crippen molar-refractivity contribution < 1.29 is 23.6 Å². The molecule has 0 aliphatic carbocycles. The minimum atomic E-state index is -4.29. The van der Waals surface area contributed by atoms with Gasteiger partial charge in [0, 0.05) is 0 Å². The normalized spacial score (nSPS) is 32.3. The zero-order chi connectivity index (χ0) is 7.78. The van der Waals surface area contributed by atoms with Crippen molar-refractivity contribution >= 4 is 7.82 Å². The zero-order valence-corrected chi connectivity index (χ0v) is 6.32. The third-order valence-electron chi connectivity index (χ3n) is 1.24. The van der Waals surface area contributed by atoms with E-state index >= 15 is 0 Å². The lowest BCUT2D eigenvalue weighted by atomic mass is 10.4. The monoisotopic (exact) mass is 168 g/mol. The molecule has 2 atom stereocenters. The number of hydrogen-bond donors (Lipinski definition) is 2. The minimum Gasteiger partial charge on any atom is -0.367 e. The van der Waals surface area contributed by atoms with Gasteiger partial charge in [-0.15, -0.1) is 0 Å². The van der Waals surface area contributed by atoms with E-state index in [0.29, 0.717) is 0 Å². The predicted octanol–water partition coefficient (Wildman–Crippen LogP) is -0.117. The van der Waals surface area contributed by atoms with Crippen LogP contribution in [0.5, 0.6) is 0 Å². The fourth-order valence-electron chi connectivity index (χ4n) is 0.576. The summed E-state index contributed by atoms with van der Waals surface area (Å²) < 4.78 is 19.1. The molecule has 10 heavy (non-hydrogen) atoms. The molecule has 0 spiro atoms. The molecule has 0 radical (unpaired) electrons. The van der Waals surface area contributed by atoms with E-state index in [2.05, 4.69) is 4.52 Å². The van der Waals surface area contributed by atoms with Crippen LogP contribution in [0.2, 0.25) is 0 Å². The lowest BCUT2D eigenvalue weighted by Gasteiger charge is -2.00. The Morgan fingerprint density at radius 2 is 2.20 bits per heavy atom. The first-order chi connectivity index (χ1) is 4.49. The Morgan fingerprint density at radius 3 is 2.50 bits per heavy atom. The second kappa shape index (κ2) is 2.60. The van der Waals surface area contributed by atoms with E-state index < -0.39 is 7.82 Å². The maximum absolute atomic E-state index is 10.1. The molecule has 60 valence electrons. The van der Waals surface area contributed by atoms with Crippen LogP contribution in [0.4, 0.5) is 0 Å². The summed E-state index contributed by atoms with van der Waals surface area (Å²) in [5, 5.41) is 0. The standard InChI is InChI=1S/C4H9O5P/c1-3-4(9-3)2-8-10(5,6)7/h3-4H,2H2,1H3,(H2,5,6,7). The molecule has 1 fully saturated rings. The van der Waals surface area contributed by atoms with Gasteiger partial charge in [-0.05, 0) is 6.92 Å². The molecule has 2 unspecified atom stereocenters. The van der Waals surface area contributed by atoms with Crippen LogP contribution >= 0.6 is 7.82 Å². The Balaban J connectivity index is 2.12. The van der Waals surface area contributed by atoms with Crippen LogP contribution in [0.25, 0.3) is 0 Å². The maximum Gasteiger partial charge on any atom is 0.469 e. The van der Waals surface area contributed by atoms with E-state index in [9.17, 15) is 4.57 Å². The van der Waals surface area contributed by atoms with Gasteiger partial charge >= 0.3 is 7.82 Å². The van der Waals surface area contributed by atoms with Crippen molar-refractivity contribution in [3.05, 3.63) is 0 Å². The number of hydrogen-bond acceptors (Lipinski definition) is 3. The Hall–Kier alpha value is 0.0700. The summed E-state index contributed by atoms with van der Waals surface area (Å²) >= 11 is 0. The molecule has 0 saturated carbocycles. The number of ether oxygens (including phenoxy) is 1. The molecule has 0 aromatic carbocycles. The second-order valence-electron chi connectivity index (χ2n) is 2.17. The molecule has 6 heteroatoms. The molecule has 1 aliphatic heterocycles. The average Bonchev–Trinajstić information content (AvgIpc) is 2.40. The first-order valence-electron chi connectivity index (χ1n) is 2.84. The molecule has 5 nitrogen and oxygen atoms in total. The highest BCUT2D eigenvalue weighted by atomic mass is 31.2. The highest BCUT2D eigenvalue weighted by Gasteiger charge is 2.36. The lowest BCUT2D eigenvalue weighted by Crippen LogP contribution is -2.01. The van der Waals surface area contributed by atoms with E-state index in [-0.39, 0.29) is 18.8 Å². The maximum atomic E-state index is 10.1. The van der Waals surface area contributed by atoms with E-state index in [1.807, 2.05) is 6.92 Å². The molecule has 0 aromatic rings. The van der Waals surface area contributed by atoms with E-state index in [1.54, 1.807) is 0 Å². The lowest BCUT2D eigenvalue weighted by molar-refractivity contribution is 0.179. The fourth-order valence-corrected chi connectivity index (χ4v) is 0.917. The van der Waals surface area contributed by atoms with Crippen molar-refractivity contribution in [2.24, 2.45) is 0 Å². The zero-order valence-electron chi connectivity index (χ0n) is 5.43. The topological polar surface area (TPSA) is 79.3 Å². The number of epoxide rings is 1. The first kappa shape index (κ1) is 8.17. The van der Waals surface area contributed by atoms with Gasteiger partial charge in [0.15, 0.2) is 0 Å². The summed E-state index contributed by atoms with van der Waals surface area (Å²) in [7, 11) is -4.29. The molecular weight excluding hydrogens is 159 g/mol. The number of rotatable bonds is 3. The molecule has 1 aliphatic rings. The van der Waals surface area contributed by atoms with Gasteiger partial charge in [-0.2, -0.15) is 0 Å². The summed E-state index contributed by atoms with van der Waals surface area (Å²) in [5.41, 5.74) is 0. The minimum absolute atomic E-state index is 0.0224. The molecule has 1 saturated heterocycles. The van der Waals surface area contributed by atoms with Crippen LogP contribution in [0.15, 0.2) is 0 Å². The van der Waals surface area contributed by atoms with Gasteiger partial charge in [0.1, 0.15) is 6.10 Å². The predicted molar refractivity (Wildman–Crippen MR) is 32.3 cm³/mol. The summed E-state index contributed by atoms with van der Waals surface area (Å²) in [6, 6.07) is 0. The van der Waals surface area contributed by atoms with Crippen molar-refractivity contribution in [2.75, 3.05) is 6.61 Å². The van der Waals surface area contributed by atoms with Crippen molar-refractivity contribution in [1.82, 2.24) is 0 Å². The highest BCUT2D eigenvalue weighted by molar-refractivity contribution is 7.46. The molecular formula is C4H9O5P. The Kier molecular flexibility index (Phi) is 2.12. The Morgan fingerprint density at radius 1 is 1.70 bits per heavy atom. The van der Waals surface area contributed by atoms with Crippen LogP contribution in [-0.2, 0) is 13.8 Å². The first-order valence-corrected chi connectivity index (χ1v) is 4.37. The van der Waals surface area contributed by atoms with Gasteiger partial charge in [0.05, 0.1) is 12.7 Å². The summed E-state index contributed by atoms with van der Waals surface area (Å²) in [4.78, 5) is 16.4. The van der Waals surface area contributed by atoms with Crippen molar-refractivity contribution in [3.8, 4) is 0 Å². The van der Waals surface area contributed by atoms with E-state index in [1.165, 1.54) is 0 Å². The number of phosphoric acid groups is 1. The largest absolute Gasteiger partial charge is 0.469 e. The average molecular weight is 168 g/mol. The van der Waals surface area contributed by atoms with Crippen molar-refractivity contribution in [2.45, 2.75) is 19.1 Å². The van der Waals surface area contributed by atoms with Crippen molar-refractivity contribution in [3.63, 3.8) is 0 Å². The van der Waals surface area contributed by atoms with Gasteiger partial charge in [-0.3, -0.25) is 4.52 Å². The van der Waals surface area contributed by atoms with Crippen LogP contribution < -0.4 is 0 Å². The van der Waals surface area contributed by atoms with Gasteiger partial charge in [-0.1, -0.05) is 0 Å². The van der Waals surface area contributed by atoms with Gasteiger partial charge in [-0.25, -0.2) is 4.57 Å². The van der Waals surface area contributed by atoms with Gasteiger partial charge < -0.3 is 14.5 Å². The molecule has 0 amide bonds. The summed E-state index contributed by atoms with van der Waals surface area (Å²) in [5.74, 6) is 0. The van der Waals surface area contributed by atoms with Gasteiger partial charge in [0.2, 0.25) is 0 Å². The molecule has 2 N–H and O–H groups in total. The van der Waals surface area contributed by atoms with Crippen molar-refractivity contribution in [1.29, 1.82) is 0 Å². The van der Waals surface area contributed by atoms with Gasteiger partial charge in [0.25, 0.3) is 0 Å². The molecule has 1 rings (SSSR count). The van der Waals surface area contributed by atoms with Crippen LogP contribution in [0.1, 0.15) is 6.92 Å². The van der Waals surface area contributed by atoms with E-state index in [0.717, 1.165) is 0 Å². The summed E-state index contributed by atoms with van der Waals surface area (Å²) in [6.45, 7) is 1.79.